The van der Waals surface area contributed by atoms with Gasteiger partial charge in [-0.25, -0.2) is 0 Å². The van der Waals surface area contributed by atoms with Crippen molar-refractivity contribution in [3.05, 3.63) is 72.3 Å². The van der Waals surface area contributed by atoms with E-state index in [9.17, 15) is 0 Å². The quantitative estimate of drug-likeness (QED) is 0.710. The lowest BCUT2D eigenvalue weighted by Crippen LogP contribution is -2.35. The topological polar surface area (TPSA) is 25.6 Å². The Labute approximate surface area is 142 Å². The van der Waals surface area contributed by atoms with E-state index in [1.807, 2.05) is 24.3 Å². The first-order valence-electron chi connectivity index (χ1n) is 8.44. The van der Waals surface area contributed by atoms with Crippen LogP contribution in [0.1, 0.15) is 5.56 Å². The molecule has 3 nitrogen and oxygen atoms in total. The Morgan fingerprint density at radius 3 is 2.08 bits per heavy atom. The number of hydrogen-bond donors (Lipinski definition) is 0. The molecule has 3 heteroatoms. The van der Waals surface area contributed by atoms with E-state index in [1.54, 1.807) is 0 Å². The van der Waals surface area contributed by atoms with Crippen LogP contribution < -0.4 is 0 Å². The molecule has 2 heterocycles. The number of rotatable bonds is 4. The summed E-state index contributed by atoms with van der Waals surface area (Å²) in [6.07, 6.45) is 0. The molecular formula is C21H21NO2. The minimum absolute atomic E-state index is 0.810. The van der Waals surface area contributed by atoms with Crippen LogP contribution in [0.15, 0.2) is 71.1 Å². The average molecular weight is 319 g/mol. The van der Waals surface area contributed by atoms with Crippen LogP contribution in [0, 0.1) is 0 Å². The first kappa shape index (κ1) is 15.2. The van der Waals surface area contributed by atoms with Crippen molar-refractivity contribution in [2.45, 2.75) is 6.54 Å². The molecule has 1 aliphatic heterocycles. The molecule has 0 N–H and O–H groups in total. The van der Waals surface area contributed by atoms with Crippen molar-refractivity contribution in [3.8, 4) is 22.6 Å². The van der Waals surface area contributed by atoms with Gasteiger partial charge in [-0.2, -0.15) is 0 Å². The predicted molar refractivity (Wildman–Crippen MR) is 95.7 cm³/mol. The molecule has 122 valence electrons. The Balaban J connectivity index is 1.71. The van der Waals surface area contributed by atoms with Gasteiger partial charge >= 0.3 is 0 Å². The number of benzene rings is 2. The van der Waals surface area contributed by atoms with Gasteiger partial charge in [0.1, 0.15) is 11.5 Å². The van der Waals surface area contributed by atoms with Gasteiger partial charge in [0.2, 0.25) is 0 Å². The summed E-state index contributed by atoms with van der Waals surface area (Å²) >= 11 is 0. The van der Waals surface area contributed by atoms with Gasteiger partial charge in [0.05, 0.1) is 13.2 Å². The van der Waals surface area contributed by atoms with Crippen molar-refractivity contribution in [1.29, 1.82) is 0 Å². The summed E-state index contributed by atoms with van der Waals surface area (Å²) in [4.78, 5) is 2.43. The highest BCUT2D eigenvalue weighted by molar-refractivity contribution is 5.68. The SMILES string of the molecule is c1ccc(-c2cc(CN3CCOCC3)c(-c3ccccc3)o2)cc1. The minimum Gasteiger partial charge on any atom is -0.456 e. The second-order valence-electron chi connectivity index (χ2n) is 6.09. The summed E-state index contributed by atoms with van der Waals surface area (Å²) in [5.41, 5.74) is 3.48. The van der Waals surface area contributed by atoms with Crippen LogP contribution in [0.3, 0.4) is 0 Å². The second-order valence-corrected chi connectivity index (χ2v) is 6.09. The molecule has 1 aliphatic rings. The van der Waals surface area contributed by atoms with E-state index in [2.05, 4.69) is 47.4 Å². The maximum absolute atomic E-state index is 6.27. The Hall–Kier alpha value is -2.36. The summed E-state index contributed by atoms with van der Waals surface area (Å²) in [7, 11) is 0. The van der Waals surface area contributed by atoms with Crippen LogP contribution >= 0.6 is 0 Å². The molecule has 0 bridgehead atoms. The van der Waals surface area contributed by atoms with E-state index >= 15 is 0 Å². The van der Waals surface area contributed by atoms with Gasteiger partial charge < -0.3 is 9.15 Å². The highest BCUT2D eigenvalue weighted by Crippen LogP contribution is 2.33. The normalized spacial score (nSPS) is 15.5. The highest BCUT2D eigenvalue weighted by Gasteiger charge is 2.18. The van der Waals surface area contributed by atoms with Crippen molar-refractivity contribution < 1.29 is 9.15 Å². The van der Waals surface area contributed by atoms with Gasteiger partial charge in [-0.3, -0.25) is 4.90 Å². The zero-order valence-electron chi connectivity index (χ0n) is 13.7. The van der Waals surface area contributed by atoms with Gasteiger partial charge in [-0.15, -0.1) is 0 Å². The van der Waals surface area contributed by atoms with Crippen molar-refractivity contribution in [1.82, 2.24) is 4.90 Å². The van der Waals surface area contributed by atoms with Crippen molar-refractivity contribution >= 4 is 0 Å². The summed E-state index contributed by atoms with van der Waals surface area (Å²) in [5, 5.41) is 0. The Morgan fingerprint density at radius 2 is 1.42 bits per heavy atom. The van der Waals surface area contributed by atoms with Crippen LogP contribution in [0.25, 0.3) is 22.6 Å². The van der Waals surface area contributed by atoms with Gasteiger partial charge in [0.15, 0.2) is 0 Å². The third-order valence-corrected chi connectivity index (χ3v) is 4.40. The smallest absolute Gasteiger partial charge is 0.139 e. The molecule has 0 aliphatic carbocycles. The maximum Gasteiger partial charge on any atom is 0.139 e. The van der Waals surface area contributed by atoms with E-state index < -0.39 is 0 Å². The number of ether oxygens (including phenoxy) is 1. The lowest BCUT2D eigenvalue weighted by molar-refractivity contribution is 0.0342. The number of morpholine rings is 1. The molecule has 0 spiro atoms. The first-order chi connectivity index (χ1) is 11.9. The zero-order chi connectivity index (χ0) is 16.2. The molecule has 2 aromatic carbocycles. The number of nitrogens with zero attached hydrogens (tertiary/aromatic N) is 1. The minimum atomic E-state index is 0.810. The fourth-order valence-corrected chi connectivity index (χ4v) is 3.12. The average Bonchev–Trinajstić information content (AvgIpc) is 3.08. The molecule has 1 fully saturated rings. The molecule has 1 aromatic heterocycles. The van der Waals surface area contributed by atoms with Crippen LogP contribution in [0.4, 0.5) is 0 Å². The van der Waals surface area contributed by atoms with E-state index in [0.29, 0.717) is 0 Å². The summed E-state index contributed by atoms with van der Waals surface area (Å²) in [6.45, 7) is 4.46. The van der Waals surface area contributed by atoms with Gasteiger partial charge in [0.25, 0.3) is 0 Å². The molecule has 0 atom stereocenters. The van der Waals surface area contributed by atoms with E-state index in [4.69, 9.17) is 9.15 Å². The van der Waals surface area contributed by atoms with E-state index in [0.717, 1.165) is 55.5 Å². The summed E-state index contributed by atoms with van der Waals surface area (Å²) < 4.78 is 11.7. The lowest BCUT2D eigenvalue weighted by atomic mass is 10.1. The largest absolute Gasteiger partial charge is 0.456 e. The first-order valence-corrected chi connectivity index (χ1v) is 8.44. The van der Waals surface area contributed by atoms with Gasteiger partial charge in [-0.05, 0) is 6.07 Å². The molecule has 3 aromatic rings. The van der Waals surface area contributed by atoms with Crippen LogP contribution in [0.2, 0.25) is 0 Å². The molecular weight excluding hydrogens is 298 g/mol. The Kier molecular flexibility index (Phi) is 4.45. The third kappa shape index (κ3) is 3.28. The fourth-order valence-electron chi connectivity index (χ4n) is 3.12. The number of furan rings is 1. The maximum atomic E-state index is 6.27. The van der Waals surface area contributed by atoms with Crippen LogP contribution in [0.5, 0.6) is 0 Å². The summed E-state index contributed by atoms with van der Waals surface area (Å²) in [5.74, 6) is 1.90. The fraction of sp³-hybridized carbons (Fsp3) is 0.238. The van der Waals surface area contributed by atoms with E-state index in [-0.39, 0.29) is 0 Å². The van der Waals surface area contributed by atoms with Crippen molar-refractivity contribution in [3.63, 3.8) is 0 Å². The van der Waals surface area contributed by atoms with Crippen molar-refractivity contribution in [2.24, 2.45) is 0 Å². The zero-order valence-corrected chi connectivity index (χ0v) is 13.7. The van der Waals surface area contributed by atoms with Crippen LogP contribution in [-0.2, 0) is 11.3 Å². The lowest BCUT2D eigenvalue weighted by Gasteiger charge is -2.26. The van der Waals surface area contributed by atoms with E-state index in [1.165, 1.54) is 5.56 Å². The van der Waals surface area contributed by atoms with Gasteiger partial charge in [0, 0.05) is 36.3 Å². The van der Waals surface area contributed by atoms with Crippen molar-refractivity contribution in [2.75, 3.05) is 26.3 Å². The molecule has 24 heavy (non-hydrogen) atoms. The Morgan fingerprint density at radius 1 is 0.792 bits per heavy atom. The molecule has 0 saturated carbocycles. The standard InChI is InChI=1S/C21H21NO2/c1-3-7-17(8-4-1)20-15-19(16-22-11-13-23-14-12-22)21(24-20)18-9-5-2-6-10-18/h1-10,15H,11-14,16H2. The van der Waals surface area contributed by atoms with Gasteiger partial charge in [-0.1, -0.05) is 60.7 Å². The Bertz CT molecular complexity index is 774. The summed E-state index contributed by atoms with van der Waals surface area (Å²) in [6, 6.07) is 22.8. The highest BCUT2D eigenvalue weighted by atomic mass is 16.5. The third-order valence-electron chi connectivity index (χ3n) is 4.40. The molecule has 1 saturated heterocycles. The van der Waals surface area contributed by atoms with Crippen LogP contribution in [-0.4, -0.2) is 31.2 Å². The molecule has 0 amide bonds. The number of hydrogen-bond acceptors (Lipinski definition) is 3. The molecule has 0 radical (unpaired) electrons. The monoisotopic (exact) mass is 319 g/mol. The molecule has 0 unspecified atom stereocenters. The molecule has 4 rings (SSSR count). The predicted octanol–water partition coefficient (Wildman–Crippen LogP) is 4.45. The second kappa shape index (κ2) is 7.04.